The molecule has 98 valence electrons. The third-order valence-corrected chi connectivity index (χ3v) is 3.09. The molecular formula is C11H13FIN3O2. The van der Waals surface area contributed by atoms with E-state index in [-0.39, 0.29) is 30.0 Å². The highest BCUT2D eigenvalue weighted by Crippen LogP contribution is 2.14. The lowest BCUT2D eigenvalue weighted by Crippen LogP contribution is -2.36. The van der Waals surface area contributed by atoms with Crippen LogP contribution in [0.4, 0.5) is 4.39 Å². The molecule has 18 heavy (non-hydrogen) atoms. The van der Waals surface area contributed by atoms with Gasteiger partial charge in [0, 0.05) is 16.0 Å². The first-order valence-electron chi connectivity index (χ1n) is 5.16. The Morgan fingerprint density at radius 2 is 2.33 bits per heavy atom. The molecule has 1 aromatic rings. The lowest BCUT2D eigenvalue weighted by Gasteiger charge is -2.13. The molecular weight excluding hydrogens is 352 g/mol. The highest BCUT2D eigenvalue weighted by molar-refractivity contribution is 14.1. The number of benzene rings is 1. The Balaban J connectivity index is 2.71. The van der Waals surface area contributed by atoms with E-state index in [1.807, 2.05) is 22.6 Å². The monoisotopic (exact) mass is 365 g/mol. The zero-order valence-electron chi connectivity index (χ0n) is 9.65. The van der Waals surface area contributed by atoms with Crippen molar-refractivity contribution in [3.8, 4) is 0 Å². The molecule has 0 saturated heterocycles. The van der Waals surface area contributed by atoms with Crippen molar-refractivity contribution < 1.29 is 14.4 Å². The summed E-state index contributed by atoms with van der Waals surface area (Å²) in [6, 6.07) is 3.65. The van der Waals surface area contributed by atoms with Gasteiger partial charge in [-0.15, -0.1) is 0 Å². The average Bonchev–Trinajstić information content (AvgIpc) is 2.28. The molecule has 5 nitrogen and oxygen atoms in total. The molecule has 1 aromatic carbocycles. The van der Waals surface area contributed by atoms with E-state index in [0.717, 1.165) is 0 Å². The molecule has 0 radical (unpaired) electrons. The van der Waals surface area contributed by atoms with Gasteiger partial charge in [0.25, 0.3) is 5.91 Å². The lowest BCUT2D eigenvalue weighted by atomic mass is 10.1. The molecule has 0 aliphatic carbocycles. The van der Waals surface area contributed by atoms with Crippen molar-refractivity contribution in [2.45, 2.75) is 19.4 Å². The van der Waals surface area contributed by atoms with Crippen LogP contribution in [0.15, 0.2) is 23.4 Å². The normalized spacial score (nSPS) is 13.2. The van der Waals surface area contributed by atoms with Gasteiger partial charge in [-0.3, -0.25) is 4.79 Å². The number of carbonyl (C=O) groups is 1. The van der Waals surface area contributed by atoms with Gasteiger partial charge < -0.3 is 16.3 Å². The van der Waals surface area contributed by atoms with E-state index in [2.05, 4.69) is 10.5 Å². The average molecular weight is 365 g/mol. The number of nitrogens with two attached hydrogens (primary N) is 1. The Hall–Kier alpha value is -1.38. The fraction of sp³-hybridized carbons (Fsp3) is 0.273. The van der Waals surface area contributed by atoms with Crippen LogP contribution in [0.3, 0.4) is 0 Å². The summed E-state index contributed by atoms with van der Waals surface area (Å²) in [4.78, 5) is 11.9. The molecule has 0 fully saturated rings. The number of rotatable bonds is 4. The van der Waals surface area contributed by atoms with Crippen LogP contribution in [0.5, 0.6) is 0 Å². The summed E-state index contributed by atoms with van der Waals surface area (Å²) >= 11 is 1.89. The van der Waals surface area contributed by atoms with Crippen LogP contribution in [0, 0.1) is 9.39 Å². The van der Waals surface area contributed by atoms with Crippen molar-refractivity contribution in [3.05, 3.63) is 33.1 Å². The topological polar surface area (TPSA) is 87.7 Å². The van der Waals surface area contributed by atoms with E-state index in [1.165, 1.54) is 18.2 Å². The van der Waals surface area contributed by atoms with Crippen LogP contribution < -0.4 is 11.1 Å². The van der Waals surface area contributed by atoms with Crippen molar-refractivity contribution in [1.29, 1.82) is 0 Å². The van der Waals surface area contributed by atoms with Crippen LogP contribution >= 0.6 is 22.6 Å². The maximum absolute atomic E-state index is 12.9. The number of carbonyl (C=O) groups excluding carboxylic acids is 1. The van der Waals surface area contributed by atoms with E-state index in [1.54, 1.807) is 6.92 Å². The second kappa shape index (κ2) is 6.53. The van der Waals surface area contributed by atoms with Crippen molar-refractivity contribution in [2.24, 2.45) is 10.9 Å². The molecule has 7 heteroatoms. The summed E-state index contributed by atoms with van der Waals surface area (Å²) in [7, 11) is 0. The van der Waals surface area contributed by atoms with Crippen molar-refractivity contribution in [3.63, 3.8) is 0 Å². The molecule has 1 unspecified atom stereocenters. The second-order valence-corrected chi connectivity index (χ2v) is 4.96. The fourth-order valence-electron chi connectivity index (χ4n) is 1.38. The third-order valence-electron chi connectivity index (χ3n) is 2.20. The van der Waals surface area contributed by atoms with Gasteiger partial charge in [-0.2, -0.15) is 0 Å². The number of nitrogens with zero attached hydrogens (tertiary/aromatic N) is 1. The highest BCUT2D eigenvalue weighted by atomic mass is 127. The molecule has 0 spiro atoms. The summed E-state index contributed by atoms with van der Waals surface area (Å²) in [5.74, 6) is -0.671. The summed E-state index contributed by atoms with van der Waals surface area (Å²) in [6.07, 6.45) is 0.236. The molecule has 0 aliphatic rings. The Labute approximate surface area is 117 Å². The number of nitrogens with one attached hydrogen (secondary N) is 1. The van der Waals surface area contributed by atoms with Gasteiger partial charge >= 0.3 is 0 Å². The minimum Gasteiger partial charge on any atom is -0.409 e. The zero-order chi connectivity index (χ0) is 13.7. The largest absolute Gasteiger partial charge is 0.409 e. The van der Waals surface area contributed by atoms with Crippen LogP contribution in [-0.2, 0) is 0 Å². The Bertz CT molecular complexity index is 479. The van der Waals surface area contributed by atoms with Gasteiger partial charge in [0.05, 0.1) is 5.56 Å². The minimum absolute atomic E-state index is 0.0385. The molecule has 1 amide bonds. The first kappa shape index (κ1) is 14.7. The van der Waals surface area contributed by atoms with Crippen LogP contribution in [0.25, 0.3) is 0 Å². The van der Waals surface area contributed by atoms with Crippen LogP contribution in [0.2, 0.25) is 0 Å². The smallest absolute Gasteiger partial charge is 0.252 e. The predicted molar refractivity (Wildman–Crippen MR) is 74.1 cm³/mol. The van der Waals surface area contributed by atoms with E-state index < -0.39 is 0 Å². The van der Waals surface area contributed by atoms with E-state index >= 15 is 0 Å². The standard InChI is InChI=1S/C11H13FIN3O2/c1-6(4-10(14)16-18)15-11(17)8-3-2-7(12)5-9(8)13/h2-3,5-6,18H,4H2,1H3,(H2,14,16)(H,15,17). The van der Waals surface area contributed by atoms with E-state index in [0.29, 0.717) is 9.13 Å². The number of halogens is 2. The molecule has 1 rings (SSSR count). The van der Waals surface area contributed by atoms with Crippen LogP contribution in [-0.4, -0.2) is 23.0 Å². The number of hydrogen-bond acceptors (Lipinski definition) is 3. The van der Waals surface area contributed by atoms with Crippen molar-refractivity contribution in [2.75, 3.05) is 0 Å². The van der Waals surface area contributed by atoms with E-state index in [4.69, 9.17) is 10.9 Å². The summed E-state index contributed by atoms with van der Waals surface area (Å²) in [5.41, 5.74) is 5.73. The molecule has 0 heterocycles. The van der Waals surface area contributed by atoms with Gasteiger partial charge in [-0.05, 0) is 47.7 Å². The number of oxime groups is 1. The number of amidine groups is 1. The van der Waals surface area contributed by atoms with Gasteiger partial charge in [0.1, 0.15) is 11.7 Å². The third kappa shape index (κ3) is 4.13. The summed E-state index contributed by atoms with van der Waals surface area (Å²) in [6.45, 7) is 1.73. The van der Waals surface area contributed by atoms with Crippen molar-refractivity contribution >= 4 is 34.3 Å². The van der Waals surface area contributed by atoms with Gasteiger partial charge in [0.15, 0.2) is 0 Å². The summed E-state index contributed by atoms with van der Waals surface area (Å²) < 4.78 is 13.4. The van der Waals surface area contributed by atoms with Crippen molar-refractivity contribution in [1.82, 2.24) is 5.32 Å². The first-order valence-corrected chi connectivity index (χ1v) is 6.24. The fourth-order valence-corrected chi connectivity index (χ4v) is 2.10. The van der Waals surface area contributed by atoms with Crippen LogP contribution in [0.1, 0.15) is 23.7 Å². The first-order chi connectivity index (χ1) is 8.43. The Morgan fingerprint density at radius 1 is 1.67 bits per heavy atom. The minimum atomic E-state index is -0.388. The molecule has 1 atom stereocenters. The van der Waals surface area contributed by atoms with Gasteiger partial charge in [-0.25, -0.2) is 4.39 Å². The van der Waals surface area contributed by atoms with Gasteiger partial charge in [0.2, 0.25) is 0 Å². The Morgan fingerprint density at radius 3 is 2.89 bits per heavy atom. The van der Waals surface area contributed by atoms with Gasteiger partial charge in [-0.1, -0.05) is 5.16 Å². The molecule has 0 aromatic heterocycles. The zero-order valence-corrected chi connectivity index (χ0v) is 11.8. The predicted octanol–water partition coefficient (Wildman–Crippen LogP) is 1.69. The Kier molecular flexibility index (Phi) is 5.32. The molecule has 4 N–H and O–H groups in total. The summed E-state index contributed by atoms with van der Waals surface area (Å²) in [5, 5.41) is 13.9. The quantitative estimate of drug-likeness (QED) is 0.250. The van der Waals surface area contributed by atoms with E-state index in [9.17, 15) is 9.18 Å². The molecule has 0 saturated carbocycles. The second-order valence-electron chi connectivity index (χ2n) is 3.79. The lowest BCUT2D eigenvalue weighted by molar-refractivity contribution is 0.0940. The number of hydrogen-bond donors (Lipinski definition) is 3. The number of amides is 1. The maximum atomic E-state index is 12.9. The highest BCUT2D eigenvalue weighted by Gasteiger charge is 2.14. The maximum Gasteiger partial charge on any atom is 0.252 e. The SMILES string of the molecule is CC(C/C(N)=N/O)NC(=O)c1ccc(F)cc1I. The molecule has 0 bridgehead atoms. The molecule has 0 aliphatic heterocycles.